The van der Waals surface area contributed by atoms with Crippen molar-refractivity contribution >= 4 is 23.4 Å². The smallest absolute Gasteiger partial charge is 0.246 e. The summed E-state index contributed by atoms with van der Waals surface area (Å²) < 4.78 is 0. The van der Waals surface area contributed by atoms with E-state index in [0.29, 0.717) is 24.4 Å². The number of hydrogen-bond donors (Lipinski definition) is 1. The van der Waals surface area contributed by atoms with Crippen LogP contribution in [0.1, 0.15) is 37.8 Å². The summed E-state index contributed by atoms with van der Waals surface area (Å²) in [4.78, 5) is 26.3. The van der Waals surface area contributed by atoms with E-state index in [4.69, 9.17) is 11.6 Å². The molecule has 1 aliphatic rings. The van der Waals surface area contributed by atoms with Crippen LogP contribution >= 0.6 is 11.6 Å². The van der Waals surface area contributed by atoms with Gasteiger partial charge in [-0.05, 0) is 37.0 Å². The highest BCUT2D eigenvalue weighted by Gasteiger charge is 2.46. The molecule has 114 valence electrons. The van der Waals surface area contributed by atoms with Gasteiger partial charge in [0.1, 0.15) is 5.54 Å². The Morgan fingerprint density at radius 2 is 1.95 bits per heavy atom. The molecular weight excluding hydrogens is 288 g/mol. The predicted octanol–water partition coefficient (Wildman–Crippen LogP) is 2.67. The van der Waals surface area contributed by atoms with Crippen molar-refractivity contribution in [3.63, 3.8) is 0 Å². The number of carbonyl (C=O) groups excluding carboxylic acids is 2. The van der Waals surface area contributed by atoms with E-state index in [1.54, 1.807) is 4.90 Å². The van der Waals surface area contributed by atoms with Crippen molar-refractivity contribution in [1.82, 2.24) is 10.2 Å². The maximum Gasteiger partial charge on any atom is 0.246 e. The zero-order valence-electron chi connectivity index (χ0n) is 12.7. The van der Waals surface area contributed by atoms with E-state index in [1.807, 2.05) is 39.0 Å². The van der Waals surface area contributed by atoms with Gasteiger partial charge in [0.2, 0.25) is 11.8 Å². The van der Waals surface area contributed by atoms with Crippen LogP contribution in [-0.4, -0.2) is 28.8 Å². The number of amides is 2. The Balaban J connectivity index is 2.37. The Kier molecular flexibility index (Phi) is 4.57. The van der Waals surface area contributed by atoms with Crippen molar-refractivity contribution in [2.24, 2.45) is 0 Å². The van der Waals surface area contributed by atoms with Gasteiger partial charge in [-0.3, -0.25) is 9.59 Å². The number of nitrogens with zero attached hydrogens (tertiary/aromatic N) is 1. The summed E-state index contributed by atoms with van der Waals surface area (Å²) in [6.45, 7) is 6.27. The van der Waals surface area contributed by atoms with E-state index < -0.39 is 5.54 Å². The molecule has 1 N–H and O–H groups in total. The van der Waals surface area contributed by atoms with Gasteiger partial charge in [0.15, 0.2) is 0 Å². The Bertz CT molecular complexity index is 567. The number of carbonyl (C=O) groups is 2. The lowest BCUT2D eigenvalue weighted by Gasteiger charge is -2.45. The van der Waals surface area contributed by atoms with E-state index in [-0.39, 0.29) is 18.4 Å². The zero-order valence-corrected chi connectivity index (χ0v) is 13.5. The van der Waals surface area contributed by atoms with Crippen LogP contribution in [0.5, 0.6) is 0 Å². The summed E-state index contributed by atoms with van der Waals surface area (Å²) in [7, 11) is 0. The molecule has 0 aliphatic carbocycles. The van der Waals surface area contributed by atoms with Crippen LogP contribution in [0.15, 0.2) is 18.2 Å². The monoisotopic (exact) mass is 308 g/mol. The molecule has 1 aromatic rings. The Morgan fingerprint density at radius 1 is 1.29 bits per heavy atom. The maximum atomic E-state index is 12.3. The van der Waals surface area contributed by atoms with E-state index in [2.05, 4.69) is 5.32 Å². The first-order chi connectivity index (χ1) is 9.94. The molecule has 1 heterocycles. The lowest BCUT2D eigenvalue weighted by atomic mass is 9.87. The molecule has 2 amide bonds. The van der Waals surface area contributed by atoms with Gasteiger partial charge in [-0.1, -0.05) is 37.6 Å². The molecule has 0 spiro atoms. The molecule has 1 saturated heterocycles. The number of aryl methyl sites for hydroxylation is 1. The van der Waals surface area contributed by atoms with E-state index >= 15 is 0 Å². The highest BCUT2D eigenvalue weighted by Crippen LogP contribution is 2.30. The summed E-state index contributed by atoms with van der Waals surface area (Å²) in [5.41, 5.74) is 1.17. The summed E-state index contributed by atoms with van der Waals surface area (Å²) in [5, 5.41) is 3.34. The first-order valence-corrected chi connectivity index (χ1v) is 7.66. The predicted molar refractivity (Wildman–Crippen MR) is 83.1 cm³/mol. The molecule has 5 heteroatoms. The fourth-order valence-corrected chi connectivity index (χ4v) is 3.22. The number of rotatable bonds is 4. The zero-order chi connectivity index (χ0) is 15.6. The summed E-state index contributed by atoms with van der Waals surface area (Å²) >= 11 is 6.27. The summed E-state index contributed by atoms with van der Waals surface area (Å²) in [6, 6.07) is 5.77. The van der Waals surface area contributed by atoms with Gasteiger partial charge >= 0.3 is 0 Å². The van der Waals surface area contributed by atoms with Gasteiger partial charge in [0.25, 0.3) is 0 Å². The molecule has 0 saturated carbocycles. The third-order valence-corrected chi connectivity index (χ3v) is 4.70. The van der Waals surface area contributed by atoms with Crippen LogP contribution in [0.25, 0.3) is 0 Å². The second kappa shape index (κ2) is 6.06. The molecule has 1 aliphatic heterocycles. The second-order valence-corrected chi connectivity index (χ2v) is 5.90. The second-order valence-electron chi connectivity index (χ2n) is 5.50. The van der Waals surface area contributed by atoms with Crippen LogP contribution in [0, 0.1) is 6.92 Å². The number of hydrogen-bond acceptors (Lipinski definition) is 2. The Hall–Kier alpha value is -1.55. The average molecular weight is 309 g/mol. The van der Waals surface area contributed by atoms with Gasteiger partial charge < -0.3 is 10.2 Å². The Morgan fingerprint density at radius 3 is 2.52 bits per heavy atom. The van der Waals surface area contributed by atoms with Crippen LogP contribution in [0.4, 0.5) is 0 Å². The molecule has 4 nitrogen and oxygen atoms in total. The van der Waals surface area contributed by atoms with Gasteiger partial charge in [0, 0.05) is 11.6 Å². The fraction of sp³-hybridized carbons (Fsp3) is 0.500. The maximum absolute atomic E-state index is 12.3. The molecule has 0 aromatic heterocycles. The molecule has 2 rings (SSSR count). The van der Waals surface area contributed by atoms with Gasteiger partial charge in [-0.2, -0.15) is 0 Å². The van der Waals surface area contributed by atoms with Crippen LogP contribution in [-0.2, 0) is 16.1 Å². The van der Waals surface area contributed by atoms with Crippen LogP contribution < -0.4 is 5.32 Å². The molecule has 1 fully saturated rings. The fourth-order valence-electron chi connectivity index (χ4n) is 2.92. The van der Waals surface area contributed by atoms with Gasteiger partial charge in [-0.25, -0.2) is 0 Å². The third-order valence-electron chi connectivity index (χ3n) is 4.35. The normalized spacial score (nSPS) is 17.8. The van der Waals surface area contributed by atoms with Gasteiger partial charge in [0.05, 0.1) is 6.54 Å². The molecular formula is C16H21ClN2O2. The molecule has 0 bridgehead atoms. The number of piperazine rings is 1. The summed E-state index contributed by atoms with van der Waals surface area (Å²) in [5.74, 6) is -0.134. The average Bonchev–Trinajstić information content (AvgIpc) is 2.46. The number of benzene rings is 1. The quantitative estimate of drug-likeness (QED) is 0.929. The largest absolute Gasteiger partial charge is 0.345 e. The van der Waals surface area contributed by atoms with Crippen molar-refractivity contribution in [3.8, 4) is 0 Å². The van der Waals surface area contributed by atoms with E-state index in [0.717, 1.165) is 11.1 Å². The first-order valence-electron chi connectivity index (χ1n) is 7.28. The standard InChI is InChI=1S/C16H21ClN2O2/c1-4-16(5-2)15(21)18-9-14(20)19(16)10-12-7-6-11(3)8-13(12)17/h6-8H,4-5,9-10H2,1-3H3,(H,18,21). The minimum Gasteiger partial charge on any atom is -0.345 e. The summed E-state index contributed by atoms with van der Waals surface area (Å²) in [6.07, 6.45) is 1.18. The highest BCUT2D eigenvalue weighted by atomic mass is 35.5. The van der Waals surface area contributed by atoms with Crippen molar-refractivity contribution in [2.75, 3.05) is 6.54 Å². The Labute approximate surface area is 130 Å². The van der Waals surface area contributed by atoms with Crippen molar-refractivity contribution in [2.45, 2.75) is 45.7 Å². The van der Waals surface area contributed by atoms with Crippen molar-refractivity contribution in [1.29, 1.82) is 0 Å². The van der Waals surface area contributed by atoms with Gasteiger partial charge in [-0.15, -0.1) is 0 Å². The number of halogens is 1. The van der Waals surface area contributed by atoms with Crippen molar-refractivity contribution in [3.05, 3.63) is 34.3 Å². The van der Waals surface area contributed by atoms with E-state index in [9.17, 15) is 9.59 Å². The topological polar surface area (TPSA) is 49.4 Å². The molecule has 0 unspecified atom stereocenters. The first kappa shape index (κ1) is 15.8. The molecule has 0 radical (unpaired) electrons. The minimum absolute atomic E-state index is 0.0596. The SMILES string of the molecule is CCC1(CC)C(=O)NCC(=O)N1Cc1ccc(C)cc1Cl. The third kappa shape index (κ3) is 2.77. The molecule has 21 heavy (non-hydrogen) atoms. The van der Waals surface area contributed by atoms with E-state index in [1.165, 1.54) is 0 Å². The lowest BCUT2D eigenvalue weighted by molar-refractivity contribution is -0.155. The van der Waals surface area contributed by atoms with Crippen LogP contribution in [0.3, 0.4) is 0 Å². The lowest BCUT2D eigenvalue weighted by Crippen LogP contribution is -2.66. The van der Waals surface area contributed by atoms with Crippen molar-refractivity contribution < 1.29 is 9.59 Å². The highest BCUT2D eigenvalue weighted by molar-refractivity contribution is 6.31. The molecule has 1 aromatic carbocycles. The minimum atomic E-state index is -0.774. The molecule has 0 atom stereocenters. The number of nitrogens with one attached hydrogen (secondary N) is 1. The van der Waals surface area contributed by atoms with Crippen LogP contribution in [0.2, 0.25) is 5.02 Å².